The lowest BCUT2D eigenvalue weighted by atomic mass is 10.1. The molecule has 0 aliphatic rings. The quantitative estimate of drug-likeness (QED) is 0.846. The summed E-state index contributed by atoms with van der Waals surface area (Å²) in [5.41, 5.74) is 2.79. The maximum absolute atomic E-state index is 12.1. The lowest BCUT2D eigenvalue weighted by Gasteiger charge is -2.24. The first kappa shape index (κ1) is 19.4. The normalized spacial score (nSPS) is 11.7. The molecule has 1 unspecified atom stereocenters. The van der Waals surface area contributed by atoms with Crippen molar-refractivity contribution in [1.29, 1.82) is 0 Å². The van der Waals surface area contributed by atoms with Crippen LogP contribution in [0.1, 0.15) is 25.0 Å². The number of carboxylic acid groups (broad SMARTS) is 1. The number of benzene rings is 1. The molecule has 0 radical (unpaired) electrons. The number of halogens is 1. The van der Waals surface area contributed by atoms with E-state index in [1.54, 1.807) is 11.8 Å². The summed E-state index contributed by atoms with van der Waals surface area (Å²) in [5, 5.41) is 11.9. The number of amides is 1. The van der Waals surface area contributed by atoms with Crippen molar-refractivity contribution in [3.8, 4) is 0 Å². The van der Waals surface area contributed by atoms with E-state index in [0.717, 1.165) is 16.8 Å². The summed E-state index contributed by atoms with van der Waals surface area (Å²) in [4.78, 5) is 24.7. The van der Waals surface area contributed by atoms with Crippen molar-refractivity contribution in [2.45, 2.75) is 33.7 Å². The Morgan fingerprint density at radius 2 is 1.81 bits per heavy atom. The van der Waals surface area contributed by atoms with Gasteiger partial charge in [-0.15, -0.1) is 12.4 Å². The van der Waals surface area contributed by atoms with Crippen LogP contribution in [-0.4, -0.2) is 41.0 Å². The van der Waals surface area contributed by atoms with Gasteiger partial charge >= 0.3 is 5.97 Å². The Bertz CT molecular complexity index is 485. The number of carboxylic acids is 1. The largest absolute Gasteiger partial charge is 0.480 e. The molecule has 0 heterocycles. The number of likely N-dealkylation sites (N-methyl/N-ethyl adjacent to an activating group) is 1. The van der Waals surface area contributed by atoms with Crippen LogP contribution in [0.2, 0.25) is 0 Å². The fourth-order valence-electron chi connectivity index (χ4n) is 2.05. The number of anilines is 1. The molecule has 1 rings (SSSR count). The molecular weight excluding hydrogens is 292 g/mol. The van der Waals surface area contributed by atoms with Gasteiger partial charge in [0.25, 0.3) is 0 Å². The molecule has 0 aliphatic heterocycles. The molecule has 6 heteroatoms. The molecule has 21 heavy (non-hydrogen) atoms. The number of hydrogen-bond acceptors (Lipinski definition) is 3. The molecule has 0 aromatic heterocycles. The van der Waals surface area contributed by atoms with Crippen molar-refractivity contribution in [2.75, 3.05) is 18.4 Å². The van der Waals surface area contributed by atoms with Crippen LogP contribution in [0.4, 0.5) is 5.69 Å². The molecule has 0 saturated heterocycles. The van der Waals surface area contributed by atoms with Gasteiger partial charge in [0.2, 0.25) is 5.91 Å². The molecule has 1 aromatic carbocycles. The zero-order valence-corrected chi connectivity index (χ0v) is 13.7. The molecule has 2 N–H and O–H groups in total. The molecule has 1 amide bonds. The van der Waals surface area contributed by atoms with E-state index in [2.05, 4.69) is 5.32 Å². The van der Waals surface area contributed by atoms with Crippen molar-refractivity contribution in [1.82, 2.24) is 4.90 Å². The van der Waals surface area contributed by atoms with Crippen LogP contribution in [0.3, 0.4) is 0 Å². The van der Waals surface area contributed by atoms with Gasteiger partial charge in [-0.3, -0.25) is 14.5 Å². The highest BCUT2D eigenvalue weighted by atomic mass is 35.5. The molecule has 5 nitrogen and oxygen atoms in total. The Balaban J connectivity index is 0.00000400. The third-order valence-corrected chi connectivity index (χ3v) is 3.40. The first-order chi connectivity index (χ1) is 9.36. The standard InChI is InChI=1S/C15H22N2O3.ClH/c1-5-17(12(4)15(19)20)9-13(18)16-14-10(2)7-6-8-11(14)3;/h6-8,12H,5,9H2,1-4H3,(H,16,18)(H,19,20);1H. The summed E-state index contributed by atoms with van der Waals surface area (Å²) in [7, 11) is 0. The van der Waals surface area contributed by atoms with Crippen molar-refractivity contribution in [2.24, 2.45) is 0 Å². The number of nitrogens with zero attached hydrogens (tertiary/aromatic N) is 1. The van der Waals surface area contributed by atoms with E-state index in [-0.39, 0.29) is 24.9 Å². The fraction of sp³-hybridized carbons (Fsp3) is 0.467. The van der Waals surface area contributed by atoms with Gasteiger partial charge in [0.05, 0.1) is 6.54 Å². The summed E-state index contributed by atoms with van der Waals surface area (Å²) in [5.74, 6) is -1.12. The van der Waals surface area contributed by atoms with Crippen LogP contribution < -0.4 is 5.32 Å². The first-order valence-corrected chi connectivity index (χ1v) is 6.69. The first-order valence-electron chi connectivity index (χ1n) is 6.69. The Labute approximate surface area is 131 Å². The van der Waals surface area contributed by atoms with Gasteiger partial charge in [-0.2, -0.15) is 0 Å². The second-order valence-corrected chi connectivity index (χ2v) is 4.89. The summed E-state index contributed by atoms with van der Waals surface area (Å²) in [6, 6.07) is 5.12. The number of carbonyl (C=O) groups is 2. The second kappa shape index (κ2) is 8.64. The van der Waals surface area contributed by atoms with E-state index in [0.29, 0.717) is 6.54 Å². The summed E-state index contributed by atoms with van der Waals surface area (Å²) >= 11 is 0. The zero-order chi connectivity index (χ0) is 15.3. The van der Waals surface area contributed by atoms with Gasteiger partial charge in [-0.05, 0) is 38.4 Å². The Hall–Kier alpha value is -1.59. The minimum absolute atomic E-state index is 0. The highest BCUT2D eigenvalue weighted by Gasteiger charge is 2.21. The average molecular weight is 315 g/mol. The molecule has 0 fully saturated rings. The van der Waals surface area contributed by atoms with Crippen LogP contribution in [0.25, 0.3) is 0 Å². The van der Waals surface area contributed by atoms with Crippen molar-refractivity contribution in [3.63, 3.8) is 0 Å². The number of para-hydroxylation sites is 1. The van der Waals surface area contributed by atoms with Crippen LogP contribution in [0.5, 0.6) is 0 Å². The SMILES string of the molecule is CCN(CC(=O)Nc1c(C)cccc1C)C(C)C(=O)O.Cl. The molecule has 118 valence electrons. The molecule has 0 spiro atoms. The topological polar surface area (TPSA) is 69.6 Å². The number of nitrogens with one attached hydrogen (secondary N) is 1. The second-order valence-electron chi connectivity index (χ2n) is 4.89. The lowest BCUT2D eigenvalue weighted by molar-refractivity contribution is -0.142. The molecular formula is C15H23ClN2O3. The molecule has 0 bridgehead atoms. The van der Waals surface area contributed by atoms with Crippen LogP contribution in [0.15, 0.2) is 18.2 Å². The van der Waals surface area contributed by atoms with Crippen molar-refractivity contribution >= 4 is 30.0 Å². The van der Waals surface area contributed by atoms with Crippen LogP contribution >= 0.6 is 12.4 Å². The Kier molecular flexibility index (Phi) is 7.99. The van der Waals surface area contributed by atoms with E-state index in [1.165, 1.54) is 0 Å². The Morgan fingerprint density at radius 3 is 2.24 bits per heavy atom. The maximum Gasteiger partial charge on any atom is 0.320 e. The minimum Gasteiger partial charge on any atom is -0.480 e. The number of aryl methyl sites for hydroxylation is 2. The summed E-state index contributed by atoms with van der Waals surface area (Å²) in [6.07, 6.45) is 0. The minimum atomic E-state index is -0.924. The van der Waals surface area contributed by atoms with Gasteiger partial charge in [0.15, 0.2) is 0 Å². The van der Waals surface area contributed by atoms with Gasteiger partial charge in [-0.1, -0.05) is 25.1 Å². The summed E-state index contributed by atoms with van der Waals surface area (Å²) < 4.78 is 0. The summed E-state index contributed by atoms with van der Waals surface area (Å²) in [6.45, 7) is 7.86. The van der Waals surface area contributed by atoms with Gasteiger partial charge < -0.3 is 10.4 Å². The smallest absolute Gasteiger partial charge is 0.320 e. The van der Waals surface area contributed by atoms with E-state index in [1.807, 2.05) is 39.0 Å². The maximum atomic E-state index is 12.1. The van der Waals surface area contributed by atoms with Crippen molar-refractivity contribution in [3.05, 3.63) is 29.3 Å². The van der Waals surface area contributed by atoms with E-state index < -0.39 is 12.0 Å². The number of carbonyl (C=O) groups excluding carboxylic acids is 1. The number of rotatable bonds is 6. The lowest BCUT2D eigenvalue weighted by Crippen LogP contribution is -2.43. The number of hydrogen-bond donors (Lipinski definition) is 2. The highest BCUT2D eigenvalue weighted by molar-refractivity contribution is 5.94. The highest BCUT2D eigenvalue weighted by Crippen LogP contribution is 2.19. The van der Waals surface area contributed by atoms with E-state index in [9.17, 15) is 9.59 Å². The monoisotopic (exact) mass is 314 g/mol. The number of aliphatic carboxylic acids is 1. The molecule has 0 saturated carbocycles. The van der Waals surface area contributed by atoms with Gasteiger partial charge in [0, 0.05) is 5.69 Å². The van der Waals surface area contributed by atoms with E-state index >= 15 is 0 Å². The molecule has 0 aliphatic carbocycles. The zero-order valence-electron chi connectivity index (χ0n) is 12.8. The van der Waals surface area contributed by atoms with E-state index in [4.69, 9.17) is 5.11 Å². The average Bonchev–Trinajstić information content (AvgIpc) is 2.39. The molecule has 1 aromatic rings. The third kappa shape index (κ3) is 5.36. The predicted octanol–water partition coefficient (Wildman–Crippen LogP) is 2.46. The van der Waals surface area contributed by atoms with Gasteiger partial charge in [0.1, 0.15) is 6.04 Å². The van der Waals surface area contributed by atoms with Crippen molar-refractivity contribution < 1.29 is 14.7 Å². The fourth-order valence-corrected chi connectivity index (χ4v) is 2.05. The Morgan fingerprint density at radius 1 is 1.29 bits per heavy atom. The third-order valence-electron chi connectivity index (χ3n) is 3.40. The predicted molar refractivity (Wildman–Crippen MR) is 86.1 cm³/mol. The van der Waals surface area contributed by atoms with Crippen LogP contribution in [0, 0.1) is 13.8 Å². The van der Waals surface area contributed by atoms with Crippen LogP contribution in [-0.2, 0) is 9.59 Å². The van der Waals surface area contributed by atoms with Gasteiger partial charge in [-0.25, -0.2) is 0 Å². The molecule has 1 atom stereocenters.